The van der Waals surface area contributed by atoms with Crippen molar-refractivity contribution in [1.82, 2.24) is 25.8 Å². The van der Waals surface area contributed by atoms with E-state index >= 15 is 0 Å². The fourth-order valence-electron chi connectivity index (χ4n) is 4.13. The minimum Gasteiger partial charge on any atom is -0.460 e. The molecule has 0 aliphatic heterocycles. The van der Waals surface area contributed by atoms with Gasteiger partial charge in [0.15, 0.2) is 0 Å². The largest absolute Gasteiger partial charge is 0.460 e. The monoisotopic (exact) mass is 607 g/mol. The lowest BCUT2D eigenvalue weighted by Crippen LogP contribution is -2.54. The topological polar surface area (TPSA) is 174 Å². The van der Waals surface area contributed by atoms with Crippen LogP contribution < -0.4 is 21.3 Å². The molecule has 1 aromatic heterocycles. The lowest BCUT2D eigenvalue weighted by atomic mass is 10.0. The van der Waals surface area contributed by atoms with E-state index in [-0.39, 0.29) is 19.6 Å². The molecular formula is C31H37N5O8. The molecule has 234 valence electrons. The van der Waals surface area contributed by atoms with Gasteiger partial charge in [0.2, 0.25) is 24.1 Å². The van der Waals surface area contributed by atoms with E-state index in [1.165, 1.54) is 11.5 Å². The molecule has 4 N–H and O–H groups in total. The second-order valence-corrected chi connectivity index (χ2v) is 11.0. The van der Waals surface area contributed by atoms with Crippen LogP contribution in [0.1, 0.15) is 38.8 Å². The van der Waals surface area contributed by atoms with Crippen molar-refractivity contribution in [3.05, 3.63) is 71.9 Å². The highest BCUT2D eigenvalue weighted by molar-refractivity contribution is 5.94. The summed E-state index contributed by atoms with van der Waals surface area (Å²) in [4.78, 5) is 74.1. The Morgan fingerprint density at radius 3 is 2.25 bits per heavy atom. The molecule has 0 aliphatic rings. The van der Waals surface area contributed by atoms with Crippen LogP contribution in [0.5, 0.6) is 0 Å². The van der Waals surface area contributed by atoms with Gasteiger partial charge in [-0.15, -0.1) is 0 Å². The van der Waals surface area contributed by atoms with Gasteiger partial charge >= 0.3 is 12.1 Å². The minimum absolute atomic E-state index is 0.0104. The highest BCUT2D eigenvalue weighted by Crippen LogP contribution is 2.22. The van der Waals surface area contributed by atoms with Gasteiger partial charge in [0.1, 0.15) is 30.8 Å². The van der Waals surface area contributed by atoms with Gasteiger partial charge in [0, 0.05) is 18.0 Å². The molecule has 13 heteroatoms. The molecule has 2 atom stereocenters. The van der Waals surface area contributed by atoms with E-state index in [4.69, 9.17) is 9.47 Å². The van der Waals surface area contributed by atoms with Crippen LogP contribution in [0.4, 0.5) is 4.79 Å². The van der Waals surface area contributed by atoms with E-state index < -0.39 is 54.0 Å². The van der Waals surface area contributed by atoms with Crippen molar-refractivity contribution in [3.8, 4) is 0 Å². The average Bonchev–Trinajstić information content (AvgIpc) is 3.34. The Kier molecular flexibility index (Phi) is 11.6. The van der Waals surface area contributed by atoms with Crippen molar-refractivity contribution in [2.45, 2.75) is 58.4 Å². The number of para-hydroxylation sites is 1. The summed E-state index contributed by atoms with van der Waals surface area (Å²) >= 11 is 0. The number of hydrogen-bond donors (Lipinski definition) is 4. The SMILES string of the molecule is C[C@H](NC(=O)[C@H](Cc1cn(C=O)c2ccccc12)NC(=O)OC(C)(C)C)C(=O)NCC(=O)NCC(=O)OCc1ccccc1. The summed E-state index contributed by atoms with van der Waals surface area (Å²) in [5.41, 5.74) is 1.21. The maximum absolute atomic E-state index is 13.3. The quantitative estimate of drug-likeness (QED) is 0.167. The van der Waals surface area contributed by atoms with Crippen LogP contribution in [0, 0.1) is 0 Å². The minimum atomic E-state index is -1.17. The number of nitrogens with one attached hydrogen (secondary N) is 4. The van der Waals surface area contributed by atoms with Gasteiger partial charge in [0.05, 0.1) is 12.1 Å². The zero-order valence-corrected chi connectivity index (χ0v) is 25.0. The van der Waals surface area contributed by atoms with Crippen LogP contribution in [0.15, 0.2) is 60.8 Å². The number of aromatic nitrogens is 1. The first kappa shape index (κ1) is 33.3. The maximum Gasteiger partial charge on any atom is 0.408 e. The van der Waals surface area contributed by atoms with E-state index in [2.05, 4.69) is 21.3 Å². The fraction of sp³-hybridized carbons (Fsp3) is 0.355. The Labute approximate surface area is 254 Å². The molecule has 0 radical (unpaired) electrons. The van der Waals surface area contributed by atoms with Crippen LogP contribution in [0.3, 0.4) is 0 Å². The standard InChI is InChI=1S/C31H37N5O8/c1-20(28(40)33-15-26(38)32-16-27(39)43-18-21-10-6-5-7-11-21)34-29(41)24(35-30(42)44-31(2,3)4)14-22-17-36(19-37)25-13-9-8-12-23(22)25/h5-13,17,19-20,24H,14-16,18H2,1-4H3,(H,32,38)(H,33,40)(H,34,41)(H,35,42)/t20-,24-/m0/s1. The van der Waals surface area contributed by atoms with Crippen LogP contribution in [0.25, 0.3) is 10.9 Å². The van der Waals surface area contributed by atoms with Crippen molar-refractivity contribution in [1.29, 1.82) is 0 Å². The summed E-state index contributed by atoms with van der Waals surface area (Å²) < 4.78 is 11.8. The lowest BCUT2D eigenvalue weighted by Gasteiger charge is -2.24. The number of carbonyl (C=O) groups excluding carboxylic acids is 6. The van der Waals surface area contributed by atoms with Crippen LogP contribution in [-0.2, 0) is 46.5 Å². The summed E-state index contributed by atoms with van der Waals surface area (Å²) in [5, 5.41) is 10.5. The molecule has 0 saturated heterocycles. The number of benzene rings is 2. The smallest absolute Gasteiger partial charge is 0.408 e. The Bertz CT molecular complexity index is 1500. The highest BCUT2D eigenvalue weighted by atomic mass is 16.6. The predicted octanol–water partition coefficient (Wildman–Crippen LogP) is 1.60. The van der Waals surface area contributed by atoms with Crippen molar-refractivity contribution in [3.63, 3.8) is 0 Å². The lowest BCUT2D eigenvalue weighted by molar-refractivity contribution is -0.145. The number of amides is 4. The van der Waals surface area contributed by atoms with Crippen LogP contribution in [0.2, 0.25) is 0 Å². The maximum atomic E-state index is 13.3. The van der Waals surface area contributed by atoms with E-state index in [0.29, 0.717) is 22.9 Å². The number of alkyl carbamates (subject to hydrolysis) is 1. The third kappa shape index (κ3) is 10.3. The van der Waals surface area contributed by atoms with E-state index in [9.17, 15) is 28.8 Å². The molecule has 3 aromatic rings. The first-order valence-corrected chi connectivity index (χ1v) is 13.9. The number of esters is 1. The van der Waals surface area contributed by atoms with Gasteiger partial charge < -0.3 is 30.7 Å². The molecular weight excluding hydrogens is 570 g/mol. The summed E-state index contributed by atoms with van der Waals surface area (Å²) in [6.07, 6.45) is 1.36. The average molecular weight is 608 g/mol. The molecule has 0 unspecified atom stereocenters. The molecule has 0 spiro atoms. The fourth-order valence-corrected chi connectivity index (χ4v) is 4.13. The first-order chi connectivity index (χ1) is 20.9. The second kappa shape index (κ2) is 15.3. The number of nitrogens with zero attached hydrogens (tertiary/aromatic N) is 1. The summed E-state index contributed by atoms with van der Waals surface area (Å²) in [7, 11) is 0. The molecule has 13 nitrogen and oxygen atoms in total. The molecule has 1 heterocycles. The highest BCUT2D eigenvalue weighted by Gasteiger charge is 2.28. The zero-order valence-electron chi connectivity index (χ0n) is 25.0. The summed E-state index contributed by atoms with van der Waals surface area (Å²) in [6, 6.07) is 13.9. The normalized spacial score (nSPS) is 12.4. The van der Waals surface area contributed by atoms with Gasteiger partial charge in [-0.05, 0) is 44.9 Å². The number of carbonyl (C=O) groups is 6. The molecule has 0 fully saturated rings. The zero-order chi connectivity index (χ0) is 32.3. The van der Waals surface area contributed by atoms with Gasteiger partial charge in [-0.2, -0.15) is 0 Å². The molecule has 0 aliphatic carbocycles. The summed E-state index contributed by atoms with van der Waals surface area (Å²) in [5.74, 6) is -2.64. The number of fused-ring (bicyclic) bond motifs is 1. The van der Waals surface area contributed by atoms with Crippen LogP contribution >= 0.6 is 0 Å². The number of ether oxygens (including phenoxy) is 2. The van der Waals surface area contributed by atoms with Crippen molar-refractivity contribution in [2.24, 2.45) is 0 Å². The molecule has 0 bridgehead atoms. The molecule has 44 heavy (non-hydrogen) atoms. The molecule has 2 aromatic carbocycles. The van der Waals surface area contributed by atoms with Crippen molar-refractivity contribution >= 4 is 47.1 Å². The molecule has 0 saturated carbocycles. The Balaban J connectivity index is 1.56. The number of hydrogen-bond acceptors (Lipinski definition) is 8. The third-order valence-corrected chi connectivity index (χ3v) is 6.22. The Morgan fingerprint density at radius 1 is 0.886 bits per heavy atom. The van der Waals surface area contributed by atoms with Gasteiger partial charge in [-0.1, -0.05) is 48.5 Å². The molecule has 4 amide bonds. The Hall–Kier alpha value is -5.20. The van der Waals surface area contributed by atoms with E-state index in [1.807, 2.05) is 18.2 Å². The predicted molar refractivity (Wildman–Crippen MR) is 161 cm³/mol. The van der Waals surface area contributed by atoms with Crippen LogP contribution in [-0.4, -0.2) is 71.5 Å². The Morgan fingerprint density at radius 2 is 1.57 bits per heavy atom. The number of rotatable bonds is 13. The second-order valence-electron chi connectivity index (χ2n) is 11.0. The van der Waals surface area contributed by atoms with Crippen molar-refractivity contribution < 1.29 is 38.2 Å². The molecule has 3 rings (SSSR count). The van der Waals surface area contributed by atoms with Gasteiger partial charge in [0.25, 0.3) is 0 Å². The summed E-state index contributed by atoms with van der Waals surface area (Å²) in [6.45, 7) is 5.67. The van der Waals surface area contributed by atoms with Gasteiger partial charge in [-0.3, -0.25) is 28.5 Å². The third-order valence-electron chi connectivity index (χ3n) is 6.22. The van der Waals surface area contributed by atoms with Gasteiger partial charge in [-0.25, -0.2) is 4.79 Å². The van der Waals surface area contributed by atoms with Crippen molar-refractivity contribution in [2.75, 3.05) is 13.1 Å². The first-order valence-electron chi connectivity index (χ1n) is 13.9. The van der Waals surface area contributed by atoms with E-state index in [0.717, 1.165) is 5.56 Å². The van der Waals surface area contributed by atoms with E-state index in [1.54, 1.807) is 63.4 Å².